The van der Waals surface area contributed by atoms with Crippen molar-refractivity contribution in [1.82, 2.24) is 15.5 Å². The van der Waals surface area contributed by atoms with E-state index in [1.807, 2.05) is 27.7 Å². The second-order valence-electron chi connectivity index (χ2n) is 9.43. The average Bonchev–Trinajstić information content (AvgIpc) is 2.72. The number of nitrogens with one attached hydrogen (secondary N) is 2. The van der Waals surface area contributed by atoms with Gasteiger partial charge in [0.05, 0.1) is 0 Å². The Balaban J connectivity index is 3.46. The Bertz CT molecular complexity index is 867. The quantitative estimate of drug-likeness (QED) is 0.548. The van der Waals surface area contributed by atoms with Gasteiger partial charge < -0.3 is 20.3 Å². The number of carbonyl (C=O) groups is 3. The van der Waals surface area contributed by atoms with Gasteiger partial charge in [0.15, 0.2) is 0 Å². The lowest BCUT2D eigenvalue weighted by molar-refractivity contribution is -0.143. The van der Waals surface area contributed by atoms with Crippen LogP contribution in [-0.4, -0.2) is 47.0 Å². The molecule has 182 valence electrons. The van der Waals surface area contributed by atoms with E-state index >= 15 is 0 Å². The van der Waals surface area contributed by atoms with Crippen molar-refractivity contribution < 1.29 is 19.1 Å². The van der Waals surface area contributed by atoms with E-state index < -0.39 is 23.8 Å². The molecular weight excluding hydrogens is 418 g/mol. The maximum absolute atomic E-state index is 13.8. The lowest BCUT2D eigenvalue weighted by Gasteiger charge is -2.36. The zero-order chi connectivity index (χ0) is 25.3. The SMILES string of the molecule is C#Cc1ccccc1C(C(=O)NC(C)C)N(CC)C(=O)C(NC(=O)OC(C)(C)C)C(C)CC. The molecule has 0 aliphatic heterocycles. The number of likely N-dealkylation sites (N-methyl/N-ethyl adjacent to an activating group) is 1. The van der Waals surface area contributed by atoms with Crippen LogP contribution in [0.5, 0.6) is 0 Å². The molecule has 7 nitrogen and oxygen atoms in total. The molecule has 0 heterocycles. The maximum atomic E-state index is 13.8. The van der Waals surface area contributed by atoms with Crippen LogP contribution in [0.1, 0.15) is 79.0 Å². The molecular formula is C26H39N3O4. The molecule has 3 amide bonds. The Morgan fingerprint density at radius 1 is 1.09 bits per heavy atom. The van der Waals surface area contributed by atoms with Gasteiger partial charge in [0, 0.05) is 18.2 Å². The first-order chi connectivity index (χ1) is 15.4. The highest BCUT2D eigenvalue weighted by Crippen LogP contribution is 2.27. The van der Waals surface area contributed by atoms with Crippen LogP contribution in [0.3, 0.4) is 0 Å². The van der Waals surface area contributed by atoms with E-state index in [9.17, 15) is 14.4 Å². The highest BCUT2D eigenvalue weighted by Gasteiger charge is 2.38. The fraction of sp³-hybridized carbons (Fsp3) is 0.577. The molecule has 3 unspecified atom stereocenters. The number of hydrogen-bond donors (Lipinski definition) is 2. The predicted molar refractivity (Wildman–Crippen MR) is 130 cm³/mol. The number of rotatable bonds is 9. The number of hydrogen-bond acceptors (Lipinski definition) is 4. The summed E-state index contributed by atoms with van der Waals surface area (Å²) in [6, 6.07) is 5.15. The zero-order valence-corrected chi connectivity index (χ0v) is 21.2. The molecule has 0 saturated carbocycles. The number of amides is 3. The number of carbonyl (C=O) groups excluding carboxylic acids is 3. The maximum Gasteiger partial charge on any atom is 0.408 e. The van der Waals surface area contributed by atoms with Crippen molar-refractivity contribution in [2.24, 2.45) is 5.92 Å². The molecule has 2 N–H and O–H groups in total. The lowest BCUT2D eigenvalue weighted by atomic mass is 9.94. The molecule has 0 aliphatic carbocycles. The average molecular weight is 458 g/mol. The largest absolute Gasteiger partial charge is 0.444 e. The molecule has 3 atom stereocenters. The van der Waals surface area contributed by atoms with Gasteiger partial charge in [-0.15, -0.1) is 6.42 Å². The van der Waals surface area contributed by atoms with Crippen LogP contribution >= 0.6 is 0 Å². The first kappa shape index (κ1) is 28.0. The first-order valence-electron chi connectivity index (χ1n) is 11.5. The van der Waals surface area contributed by atoms with Gasteiger partial charge in [-0.05, 0) is 59.1 Å². The molecule has 0 aromatic heterocycles. The second kappa shape index (κ2) is 12.3. The van der Waals surface area contributed by atoms with Gasteiger partial charge in [-0.2, -0.15) is 0 Å². The standard InChI is InChI=1S/C26H39N3O4/c1-10-18(6)21(28-25(32)33-26(7,8)9)24(31)29(12-3)22(23(30)27-17(4)5)20-16-14-13-15-19(20)11-2/h2,13-18,21-22H,10,12H2,1,3-9H3,(H,27,30)(H,28,32). The first-order valence-corrected chi connectivity index (χ1v) is 11.5. The van der Waals surface area contributed by atoms with Gasteiger partial charge in [-0.3, -0.25) is 9.59 Å². The van der Waals surface area contributed by atoms with Crippen molar-refractivity contribution in [3.05, 3.63) is 35.4 Å². The van der Waals surface area contributed by atoms with Crippen LogP contribution < -0.4 is 10.6 Å². The Morgan fingerprint density at radius 3 is 2.18 bits per heavy atom. The summed E-state index contributed by atoms with van der Waals surface area (Å²) in [6.45, 7) is 14.8. The van der Waals surface area contributed by atoms with Crippen LogP contribution in [0.2, 0.25) is 0 Å². The summed E-state index contributed by atoms with van der Waals surface area (Å²) < 4.78 is 5.38. The van der Waals surface area contributed by atoms with Gasteiger partial charge in [0.2, 0.25) is 11.8 Å². The minimum absolute atomic E-state index is 0.128. The Kier molecular flexibility index (Phi) is 10.4. The molecule has 0 spiro atoms. The third-order valence-corrected chi connectivity index (χ3v) is 5.18. The van der Waals surface area contributed by atoms with E-state index in [0.717, 1.165) is 0 Å². The van der Waals surface area contributed by atoms with Crippen molar-refractivity contribution in [3.63, 3.8) is 0 Å². The third-order valence-electron chi connectivity index (χ3n) is 5.18. The van der Waals surface area contributed by atoms with E-state index in [1.165, 1.54) is 4.90 Å². The van der Waals surface area contributed by atoms with Crippen LogP contribution in [0.15, 0.2) is 24.3 Å². The molecule has 0 saturated heterocycles. The molecule has 1 aromatic carbocycles. The molecule has 33 heavy (non-hydrogen) atoms. The highest BCUT2D eigenvalue weighted by molar-refractivity contribution is 5.92. The number of ether oxygens (including phenoxy) is 1. The number of terminal acetylenes is 1. The number of alkyl carbamates (subject to hydrolysis) is 1. The van der Waals surface area contributed by atoms with Crippen LogP contribution in [0.25, 0.3) is 0 Å². The second-order valence-corrected chi connectivity index (χ2v) is 9.43. The molecule has 0 bridgehead atoms. The Labute approximate surface area is 198 Å². The summed E-state index contributed by atoms with van der Waals surface area (Å²) in [6.07, 6.45) is 5.67. The van der Waals surface area contributed by atoms with E-state index in [1.54, 1.807) is 52.0 Å². The summed E-state index contributed by atoms with van der Waals surface area (Å²) in [4.78, 5) is 41.1. The van der Waals surface area contributed by atoms with E-state index in [4.69, 9.17) is 11.2 Å². The van der Waals surface area contributed by atoms with Gasteiger partial charge >= 0.3 is 6.09 Å². The van der Waals surface area contributed by atoms with Gasteiger partial charge in [0.25, 0.3) is 0 Å². The molecule has 1 aromatic rings. The van der Waals surface area contributed by atoms with E-state index in [0.29, 0.717) is 17.5 Å². The minimum Gasteiger partial charge on any atom is -0.444 e. The predicted octanol–water partition coefficient (Wildman–Crippen LogP) is 4.02. The normalized spacial score (nSPS) is 13.9. The van der Waals surface area contributed by atoms with E-state index in [-0.39, 0.29) is 30.3 Å². The summed E-state index contributed by atoms with van der Waals surface area (Å²) in [7, 11) is 0. The Hall–Kier alpha value is -3.01. The van der Waals surface area contributed by atoms with Gasteiger partial charge in [0.1, 0.15) is 17.7 Å². The zero-order valence-electron chi connectivity index (χ0n) is 21.2. The van der Waals surface area contributed by atoms with Crippen molar-refractivity contribution in [2.45, 2.75) is 85.5 Å². The third kappa shape index (κ3) is 8.12. The molecule has 0 radical (unpaired) electrons. The fourth-order valence-corrected chi connectivity index (χ4v) is 3.44. The number of nitrogens with zero attached hydrogens (tertiary/aromatic N) is 1. The number of benzene rings is 1. The molecule has 0 aliphatic rings. The molecule has 7 heteroatoms. The van der Waals surface area contributed by atoms with Crippen LogP contribution in [0, 0.1) is 18.3 Å². The summed E-state index contributed by atoms with van der Waals surface area (Å²) >= 11 is 0. The van der Waals surface area contributed by atoms with Crippen LogP contribution in [0.4, 0.5) is 4.79 Å². The fourth-order valence-electron chi connectivity index (χ4n) is 3.44. The summed E-state index contributed by atoms with van der Waals surface area (Å²) in [5.41, 5.74) is 0.393. The topological polar surface area (TPSA) is 87.7 Å². The monoisotopic (exact) mass is 457 g/mol. The van der Waals surface area contributed by atoms with Crippen molar-refractivity contribution in [2.75, 3.05) is 6.54 Å². The van der Waals surface area contributed by atoms with Gasteiger partial charge in [-0.1, -0.05) is 44.4 Å². The molecule has 0 fully saturated rings. The van der Waals surface area contributed by atoms with Crippen molar-refractivity contribution in [1.29, 1.82) is 0 Å². The van der Waals surface area contributed by atoms with Gasteiger partial charge in [-0.25, -0.2) is 4.79 Å². The molecule has 1 rings (SSSR count). The summed E-state index contributed by atoms with van der Waals surface area (Å²) in [5.74, 6) is 1.73. The van der Waals surface area contributed by atoms with Crippen molar-refractivity contribution >= 4 is 17.9 Å². The van der Waals surface area contributed by atoms with E-state index in [2.05, 4.69) is 16.6 Å². The highest BCUT2D eigenvalue weighted by atomic mass is 16.6. The van der Waals surface area contributed by atoms with Crippen LogP contribution in [-0.2, 0) is 14.3 Å². The van der Waals surface area contributed by atoms with Crippen molar-refractivity contribution in [3.8, 4) is 12.3 Å². The minimum atomic E-state index is -0.941. The summed E-state index contributed by atoms with van der Waals surface area (Å²) in [5, 5.41) is 5.63. The lowest BCUT2D eigenvalue weighted by Crippen LogP contribution is -2.55. The Morgan fingerprint density at radius 2 is 1.70 bits per heavy atom. The smallest absolute Gasteiger partial charge is 0.408 e.